The van der Waals surface area contributed by atoms with Gasteiger partial charge in [0.25, 0.3) is 5.91 Å². The molecule has 0 N–H and O–H groups in total. The van der Waals surface area contributed by atoms with Crippen molar-refractivity contribution in [2.75, 3.05) is 61.3 Å². The summed E-state index contributed by atoms with van der Waals surface area (Å²) in [6, 6.07) is 6.42. The highest BCUT2D eigenvalue weighted by molar-refractivity contribution is 5.97. The van der Waals surface area contributed by atoms with Crippen molar-refractivity contribution >= 4 is 11.9 Å². The van der Waals surface area contributed by atoms with E-state index >= 15 is 0 Å². The maximum Gasteiger partial charge on any atom is 0.328 e. The predicted molar refractivity (Wildman–Crippen MR) is 125 cm³/mol. The minimum Gasteiger partial charge on any atom is -0.467 e. The first-order valence-corrected chi connectivity index (χ1v) is 11.6. The zero-order valence-corrected chi connectivity index (χ0v) is 20.7. The molecule has 2 atom stereocenters. The average molecular weight is 488 g/mol. The lowest BCUT2D eigenvalue weighted by molar-refractivity contribution is -0.202. The fourth-order valence-corrected chi connectivity index (χ4v) is 4.55. The number of likely N-dealkylation sites (tertiary alicyclic amines) is 1. The number of hydrogen-bond acceptors (Lipinski definition) is 9. The van der Waals surface area contributed by atoms with Gasteiger partial charge in [0, 0.05) is 45.8 Å². The first-order chi connectivity index (χ1) is 16.9. The molecule has 0 radical (unpaired) electrons. The lowest BCUT2D eigenvalue weighted by Gasteiger charge is -2.40. The van der Waals surface area contributed by atoms with E-state index in [0.29, 0.717) is 44.9 Å². The zero-order chi connectivity index (χ0) is 25.0. The Morgan fingerprint density at radius 1 is 1.26 bits per heavy atom. The van der Waals surface area contributed by atoms with Crippen molar-refractivity contribution in [3.05, 3.63) is 47.3 Å². The molecule has 0 spiro atoms. The van der Waals surface area contributed by atoms with Crippen LogP contribution in [0.3, 0.4) is 0 Å². The van der Waals surface area contributed by atoms with Crippen LogP contribution in [0.5, 0.6) is 0 Å². The van der Waals surface area contributed by atoms with Crippen LogP contribution in [-0.2, 0) is 35.9 Å². The second kappa shape index (κ2) is 10.8. The molecule has 2 saturated heterocycles. The van der Waals surface area contributed by atoms with Crippen LogP contribution in [0.1, 0.15) is 34.1 Å². The van der Waals surface area contributed by atoms with Crippen LogP contribution >= 0.6 is 0 Å². The van der Waals surface area contributed by atoms with E-state index in [1.807, 2.05) is 31.4 Å². The summed E-state index contributed by atoms with van der Waals surface area (Å²) in [5.74, 6) is -0.687. The monoisotopic (exact) mass is 487 g/mol. The molecule has 2 fully saturated rings. The van der Waals surface area contributed by atoms with Crippen molar-refractivity contribution < 1.29 is 28.5 Å². The third kappa shape index (κ3) is 5.22. The Morgan fingerprint density at radius 2 is 2.06 bits per heavy atom. The number of aromatic nitrogens is 3. The number of hydrogen-bond donors (Lipinski definition) is 0. The first-order valence-electron chi connectivity index (χ1n) is 11.6. The second-order valence-corrected chi connectivity index (χ2v) is 9.08. The highest BCUT2D eigenvalue weighted by Gasteiger charge is 2.43. The van der Waals surface area contributed by atoms with E-state index in [4.69, 9.17) is 18.9 Å². The van der Waals surface area contributed by atoms with Gasteiger partial charge >= 0.3 is 5.97 Å². The maximum atomic E-state index is 13.6. The summed E-state index contributed by atoms with van der Waals surface area (Å²) in [7, 11) is 6.62. The topological polar surface area (TPSA) is 108 Å². The van der Waals surface area contributed by atoms with Crippen LogP contribution in [0.2, 0.25) is 0 Å². The standard InChI is InChI=1S/C24H33N5O6/c1-27(8-9-32-2)12-19-13-29(26-25-19)20-11-21(23(31)33-3)28(14-20)22(30)17-6-5-7-18(10-17)24(34-4)15-35-16-24/h5-7,10,13,20-21H,8-9,11-12,14-16H2,1-4H3/t20-,21+/m1/s1. The third-order valence-corrected chi connectivity index (χ3v) is 6.75. The third-order valence-electron chi connectivity index (χ3n) is 6.75. The Labute approximate surface area is 204 Å². The quantitative estimate of drug-likeness (QED) is 0.451. The summed E-state index contributed by atoms with van der Waals surface area (Å²) < 4.78 is 22.9. The van der Waals surface area contributed by atoms with E-state index in [9.17, 15) is 9.59 Å². The fourth-order valence-electron chi connectivity index (χ4n) is 4.55. The van der Waals surface area contributed by atoms with Crippen molar-refractivity contribution in [3.63, 3.8) is 0 Å². The Kier molecular flexibility index (Phi) is 7.80. The largest absolute Gasteiger partial charge is 0.467 e. The molecule has 1 amide bonds. The minimum atomic E-state index is -0.707. The predicted octanol–water partition coefficient (Wildman–Crippen LogP) is 0.857. The van der Waals surface area contributed by atoms with Crippen LogP contribution in [0.25, 0.3) is 0 Å². The van der Waals surface area contributed by atoms with Crippen LogP contribution in [0.15, 0.2) is 30.5 Å². The van der Waals surface area contributed by atoms with Crippen LogP contribution in [0, 0.1) is 0 Å². The summed E-state index contributed by atoms with van der Waals surface area (Å²) in [5.41, 5.74) is 1.63. The van der Waals surface area contributed by atoms with E-state index in [1.165, 1.54) is 7.11 Å². The molecule has 0 saturated carbocycles. The highest BCUT2D eigenvalue weighted by atomic mass is 16.6. The van der Waals surface area contributed by atoms with Gasteiger partial charge in [-0.15, -0.1) is 5.10 Å². The number of methoxy groups -OCH3 is 3. The molecule has 2 aliphatic rings. The molecule has 0 bridgehead atoms. The van der Waals surface area contributed by atoms with Crippen molar-refractivity contribution in [1.29, 1.82) is 0 Å². The molecule has 190 valence electrons. The lowest BCUT2D eigenvalue weighted by atomic mass is 9.90. The molecule has 11 heteroatoms. The van der Waals surface area contributed by atoms with Gasteiger partial charge in [0.2, 0.25) is 0 Å². The number of carbonyl (C=O) groups excluding carboxylic acids is 2. The second-order valence-electron chi connectivity index (χ2n) is 9.08. The molecule has 11 nitrogen and oxygen atoms in total. The van der Waals surface area contributed by atoms with Gasteiger partial charge in [-0.1, -0.05) is 17.3 Å². The molecule has 3 heterocycles. The lowest BCUT2D eigenvalue weighted by Crippen LogP contribution is -2.48. The molecular weight excluding hydrogens is 454 g/mol. The molecular formula is C24H33N5O6. The molecule has 35 heavy (non-hydrogen) atoms. The van der Waals surface area contributed by atoms with Crippen LogP contribution in [-0.4, -0.2) is 104 Å². The van der Waals surface area contributed by atoms with E-state index in [0.717, 1.165) is 17.8 Å². The van der Waals surface area contributed by atoms with Crippen molar-refractivity contribution in [2.24, 2.45) is 0 Å². The van der Waals surface area contributed by atoms with Crippen molar-refractivity contribution in [1.82, 2.24) is 24.8 Å². The van der Waals surface area contributed by atoms with Gasteiger partial charge in [-0.3, -0.25) is 9.69 Å². The van der Waals surface area contributed by atoms with E-state index in [-0.39, 0.29) is 11.9 Å². The fraction of sp³-hybridized carbons (Fsp3) is 0.583. The summed E-state index contributed by atoms with van der Waals surface area (Å²) in [4.78, 5) is 29.8. The summed E-state index contributed by atoms with van der Waals surface area (Å²) in [6.07, 6.45) is 2.27. The van der Waals surface area contributed by atoms with Crippen molar-refractivity contribution in [2.45, 2.75) is 30.7 Å². The van der Waals surface area contributed by atoms with Gasteiger partial charge in [0.1, 0.15) is 11.6 Å². The molecule has 0 aliphatic carbocycles. The number of nitrogens with zero attached hydrogens (tertiary/aromatic N) is 5. The number of likely N-dealkylation sites (N-methyl/N-ethyl adjacent to an activating group) is 1. The van der Waals surface area contributed by atoms with Crippen molar-refractivity contribution in [3.8, 4) is 0 Å². The number of carbonyl (C=O) groups is 2. The Morgan fingerprint density at radius 3 is 2.71 bits per heavy atom. The van der Waals surface area contributed by atoms with Crippen LogP contribution in [0.4, 0.5) is 0 Å². The Balaban J connectivity index is 1.51. The van der Waals surface area contributed by atoms with E-state index in [2.05, 4.69) is 15.2 Å². The van der Waals surface area contributed by atoms with Gasteiger partial charge in [-0.05, 0) is 24.7 Å². The molecule has 4 rings (SSSR count). The van der Waals surface area contributed by atoms with Gasteiger partial charge in [-0.25, -0.2) is 9.48 Å². The van der Waals surface area contributed by atoms with Gasteiger partial charge in [0.15, 0.2) is 0 Å². The van der Waals surface area contributed by atoms with Gasteiger partial charge < -0.3 is 23.8 Å². The highest BCUT2D eigenvalue weighted by Crippen LogP contribution is 2.34. The molecule has 1 aromatic carbocycles. The summed E-state index contributed by atoms with van der Waals surface area (Å²) >= 11 is 0. The van der Waals surface area contributed by atoms with Gasteiger partial charge in [-0.2, -0.15) is 0 Å². The number of rotatable bonds is 10. The molecule has 1 aromatic heterocycles. The number of ether oxygens (including phenoxy) is 4. The van der Waals surface area contributed by atoms with E-state index in [1.54, 1.807) is 29.9 Å². The number of esters is 1. The molecule has 0 unspecified atom stereocenters. The average Bonchev–Trinajstić information content (AvgIpc) is 3.49. The smallest absolute Gasteiger partial charge is 0.328 e. The Hall–Kier alpha value is -2.86. The zero-order valence-electron chi connectivity index (χ0n) is 20.7. The maximum absolute atomic E-state index is 13.6. The van der Waals surface area contributed by atoms with E-state index < -0.39 is 17.6 Å². The summed E-state index contributed by atoms with van der Waals surface area (Å²) in [5, 5.41) is 8.56. The van der Waals surface area contributed by atoms with Gasteiger partial charge in [0.05, 0.1) is 44.9 Å². The molecule has 2 aliphatic heterocycles. The molecule has 2 aromatic rings. The number of amides is 1. The minimum absolute atomic E-state index is 0.192. The van der Waals surface area contributed by atoms with Crippen LogP contribution < -0.4 is 0 Å². The SMILES string of the molecule is COCCN(C)Cc1cn([C@@H]2C[C@@H](C(=O)OC)N(C(=O)c3cccc(C4(OC)COC4)c3)C2)nn1. The normalized spacial score (nSPS) is 21.2. The first kappa shape index (κ1) is 25.2. The summed E-state index contributed by atoms with van der Waals surface area (Å²) in [6.45, 7) is 3.22. The number of benzene rings is 1. The Bertz CT molecular complexity index is 1030.